The molecular formula is C23H21Cl3FN5O. The first kappa shape index (κ1) is 23.5. The molecule has 3 heterocycles. The fraction of sp³-hybridized carbons (Fsp3) is 0.261. The molecule has 6 nitrogen and oxygen atoms in total. The number of aryl methyl sites for hydroxylation is 1. The van der Waals surface area contributed by atoms with Crippen molar-refractivity contribution in [2.75, 3.05) is 23.7 Å². The van der Waals surface area contributed by atoms with Gasteiger partial charge in [-0.05, 0) is 38.5 Å². The molecule has 10 heteroatoms. The van der Waals surface area contributed by atoms with Gasteiger partial charge in [-0.15, -0.1) is 0 Å². The lowest BCUT2D eigenvalue weighted by molar-refractivity contribution is 0.227. The fourth-order valence-electron chi connectivity index (χ4n) is 3.56. The van der Waals surface area contributed by atoms with Gasteiger partial charge in [0.15, 0.2) is 11.6 Å². The van der Waals surface area contributed by atoms with Gasteiger partial charge >= 0.3 is 0 Å². The quantitative estimate of drug-likeness (QED) is 0.304. The number of nitrogens with one attached hydrogen (secondary N) is 1. The van der Waals surface area contributed by atoms with Crippen LogP contribution >= 0.6 is 34.8 Å². The highest BCUT2D eigenvalue weighted by atomic mass is 35.5. The summed E-state index contributed by atoms with van der Waals surface area (Å²) >= 11 is 19.1. The van der Waals surface area contributed by atoms with Gasteiger partial charge in [0.2, 0.25) is 0 Å². The smallest absolute Gasteiger partial charge is 0.166 e. The van der Waals surface area contributed by atoms with Crippen molar-refractivity contribution in [2.45, 2.75) is 26.4 Å². The van der Waals surface area contributed by atoms with Crippen molar-refractivity contribution in [2.24, 2.45) is 0 Å². The van der Waals surface area contributed by atoms with E-state index >= 15 is 0 Å². The second-order valence-corrected chi connectivity index (χ2v) is 8.99. The van der Waals surface area contributed by atoms with Crippen molar-refractivity contribution >= 4 is 52.0 Å². The first-order chi connectivity index (χ1) is 15.7. The molecule has 3 aromatic rings. The van der Waals surface area contributed by atoms with E-state index in [0.29, 0.717) is 38.2 Å². The number of halogens is 4. The second-order valence-electron chi connectivity index (χ2n) is 7.79. The summed E-state index contributed by atoms with van der Waals surface area (Å²) in [6, 6.07) is 4.33. The van der Waals surface area contributed by atoms with Crippen molar-refractivity contribution in [1.82, 2.24) is 9.97 Å². The molecule has 0 saturated carbocycles. The number of nitrogens with zero attached hydrogens (tertiary/aromatic N) is 3. The summed E-state index contributed by atoms with van der Waals surface area (Å²) in [4.78, 5) is 10.2. The molecule has 2 aromatic heterocycles. The third kappa shape index (κ3) is 4.58. The highest BCUT2D eigenvalue weighted by molar-refractivity contribution is 6.36. The minimum atomic E-state index is -0.565. The Hall–Kier alpha value is -2.61. The SMILES string of the molecule is Cc1ncc(Cl)c([C@@H](C)Oc2cc(C(=N)c3cnc(N4CCC4)c(F)c3)c(N)cc2Cl)c1Cl. The summed E-state index contributed by atoms with van der Waals surface area (Å²) in [5.74, 6) is 0.0957. The maximum Gasteiger partial charge on any atom is 0.166 e. The lowest BCUT2D eigenvalue weighted by Gasteiger charge is -2.32. The van der Waals surface area contributed by atoms with E-state index in [2.05, 4.69) is 9.97 Å². The number of nitrogen functional groups attached to an aromatic ring is 1. The average molecular weight is 509 g/mol. The number of anilines is 2. The van der Waals surface area contributed by atoms with E-state index < -0.39 is 11.9 Å². The molecule has 0 unspecified atom stereocenters. The van der Waals surface area contributed by atoms with Crippen molar-refractivity contribution < 1.29 is 9.13 Å². The highest BCUT2D eigenvalue weighted by Gasteiger charge is 2.23. The molecule has 0 spiro atoms. The minimum absolute atomic E-state index is 0.000880. The van der Waals surface area contributed by atoms with Crippen LogP contribution in [-0.2, 0) is 0 Å². The Morgan fingerprint density at radius 1 is 1.15 bits per heavy atom. The van der Waals surface area contributed by atoms with E-state index in [9.17, 15) is 4.39 Å². The zero-order chi connectivity index (χ0) is 23.9. The standard InChI is InChI=1S/C23H21Cl3FN5O/c1-11-21(26)20(16(25)10-30-11)12(2)33-19-7-14(18(28)8-15(19)24)22(29)13-6-17(27)23(31-9-13)32-4-3-5-32/h6-10,12,29H,3-5,28H2,1-2H3/t12-/m1/s1. The zero-order valence-corrected chi connectivity index (χ0v) is 20.2. The summed E-state index contributed by atoms with van der Waals surface area (Å²) in [7, 11) is 0. The lowest BCUT2D eigenvalue weighted by Crippen LogP contribution is -2.38. The molecule has 33 heavy (non-hydrogen) atoms. The fourth-order valence-corrected chi connectivity index (χ4v) is 4.43. The van der Waals surface area contributed by atoms with E-state index in [1.54, 1.807) is 19.9 Å². The van der Waals surface area contributed by atoms with Crippen molar-refractivity contribution in [3.63, 3.8) is 0 Å². The number of pyridine rings is 2. The van der Waals surface area contributed by atoms with Gasteiger partial charge in [0.05, 0.1) is 26.5 Å². The second kappa shape index (κ2) is 9.33. The van der Waals surface area contributed by atoms with Crippen LogP contribution in [0.15, 0.2) is 30.6 Å². The molecule has 1 aromatic carbocycles. The normalized spacial score (nSPS) is 14.1. The molecule has 3 N–H and O–H groups in total. The topological polar surface area (TPSA) is 88.1 Å². The van der Waals surface area contributed by atoms with Crippen LogP contribution in [0.5, 0.6) is 5.75 Å². The Balaban J connectivity index is 1.64. The predicted octanol–water partition coefficient (Wildman–Crippen LogP) is 6.23. The third-order valence-corrected chi connectivity index (χ3v) is 6.61. The van der Waals surface area contributed by atoms with Crippen LogP contribution in [0.4, 0.5) is 15.9 Å². The number of nitrogens with two attached hydrogens (primary N) is 1. The van der Waals surface area contributed by atoms with Gasteiger partial charge in [-0.3, -0.25) is 10.4 Å². The molecule has 1 atom stereocenters. The van der Waals surface area contributed by atoms with Crippen LogP contribution in [0.1, 0.15) is 41.8 Å². The molecule has 1 saturated heterocycles. The van der Waals surface area contributed by atoms with Crippen LogP contribution in [0.25, 0.3) is 0 Å². The van der Waals surface area contributed by atoms with E-state index in [1.165, 1.54) is 24.5 Å². The van der Waals surface area contributed by atoms with Gasteiger partial charge in [0, 0.05) is 47.9 Å². The van der Waals surface area contributed by atoms with Crippen LogP contribution in [0.2, 0.25) is 15.1 Å². The molecule has 0 amide bonds. The summed E-state index contributed by atoms with van der Waals surface area (Å²) in [6.07, 6.45) is 3.42. The first-order valence-corrected chi connectivity index (χ1v) is 11.4. The summed E-state index contributed by atoms with van der Waals surface area (Å²) in [6.45, 7) is 5.09. The Bertz CT molecular complexity index is 1250. The lowest BCUT2D eigenvalue weighted by atomic mass is 10.0. The molecule has 0 radical (unpaired) electrons. The molecule has 1 fully saturated rings. The predicted molar refractivity (Wildman–Crippen MR) is 131 cm³/mol. The van der Waals surface area contributed by atoms with Gasteiger partial charge in [0.1, 0.15) is 11.9 Å². The van der Waals surface area contributed by atoms with Gasteiger partial charge in [-0.2, -0.15) is 0 Å². The number of ether oxygens (including phenoxy) is 1. The van der Waals surface area contributed by atoms with E-state index in [0.717, 1.165) is 19.5 Å². The maximum atomic E-state index is 14.6. The molecule has 0 bridgehead atoms. The Labute approximate surface area is 206 Å². The van der Waals surface area contributed by atoms with Gasteiger partial charge < -0.3 is 15.4 Å². The van der Waals surface area contributed by atoms with Crippen LogP contribution in [0.3, 0.4) is 0 Å². The van der Waals surface area contributed by atoms with Gasteiger partial charge in [0.25, 0.3) is 0 Å². The average Bonchev–Trinajstić information content (AvgIpc) is 2.72. The van der Waals surface area contributed by atoms with Gasteiger partial charge in [-0.1, -0.05) is 34.8 Å². The minimum Gasteiger partial charge on any atom is -0.484 e. The van der Waals surface area contributed by atoms with Crippen LogP contribution in [0, 0.1) is 18.2 Å². The highest BCUT2D eigenvalue weighted by Crippen LogP contribution is 2.38. The number of aromatic nitrogens is 2. The summed E-state index contributed by atoms with van der Waals surface area (Å²) in [5, 5.41) is 9.63. The largest absolute Gasteiger partial charge is 0.484 e. The maximum absolute atomic E-state index is 14.6. The van der Waals surface area contributed by atoms with Crippen molar-refractivity contribution in [1.29, 1.82) is 5.41 Å². The van der Waals surface area contributed by atoms with E-state index in [1.807, 2.05) is 4.90 Å². The van der Waals surface area contributed by atoms with Crippen molar-refractivity contribution in [3.8, 4) is 5.75 Å². The number of rotatable bonds is 6. The van der Waals surface area contributed by atoms with Crippen LogP contribution < -0.4 is 15.4 Å². The first-order valence-electron chi connectivity index (χ1n) is 10.2. The van der Waals surface area contributed by atoms with E-state index in [-0.39, 0.29) is 22.2 Å². The Kier molecular flexibility index (Phi) is 6.66. The molecule has 1 aliphatic heterocycles. The number of hydrogen-bond donors (Lipinski definition) is 2. The van der Waals surface area contributed by atoms with Crippen LogP contribution in [-0.4, -0.2) is 28.8 Å². The zero-order valence-electron chi connectivity index (χ0n) is 17.9. The molecule has 4 rings (SSSR count). The Morgan fingerprint density at radius 2 is 1.88 bits per heavy atom. The molecule has 172 valence electrons. The monoisotopic (exact) mass is 507 g/mol. The van der Waals surface area contributed by atoms with Crippen molar-refractivity contribution in [3.05, 3.63) is 73.9 Å². The summed E-state index contributed by atoms with van der Waals surface area (Å²) < 4.78 is 20.7. The number of hydrogen-bond acceptors (Lipinski definition) is 6. The molecule has 0 aliphatic carbocycles. The Morgan fingerprint density at radius 3 is 2.52 bits per heavy atom. The molecule has 1 aliphatic rings. The molecular weight excluding hydrogens is 488 g/mol. The van der Waals surface area contributed by atoms with Gasteiger partial charge in [-0.25, -0.2) is 9.37 Å². The summed E-state index contributed by atoms with van der Waals surface area (Å²) in [5.41, 5.74) is 8.21. The number of benzene rings is 1. The van der Waals surface area contributed by atoms with E-state index in [4.69, 9.17) is 50.7 Å². The third-order valence-electron chi connectivity index (χ3n) is 5.53.